The summed E-state index contributed by atoms with van der Waals surface area (Å²) in [7, 11) is 0. The Hall–Kier alpha value is -1.42. The number of hydrogen-bond donors (Lipinski definition) is 2. The molecule has 62 valence electrons. The third kappa shape index (κ3) is 2.03. The van der Waals surface area contributed by atoms with Gasteiger partial charge in [0.25, 0.3) is 0 Å². The SMILES string of the molecule is N=C/C=N\c1ncc(N)cc1Cl. The van der Waals surface area contributed by atoms with E-state index in [2.05, 4.69) is 9.98 Å². The summed E-state index contributed by atoms with van der Waals surface area (Å²) in [6, 6.07) is 1.56. The lowest BCUT2D eigenvalue weighted by atomic mass is 10.4. The van der Waals surface area contributed by atoms with Crippen molar-refractivity contribution in [3.63, 3.8) is 0 Å². The van der Waals surface area contributed by atoms with Gasteiger partial charge < -0.3 is 11.1 Å². The average molecular weight is 183 g/mol. The fraction of sp³-hybridized carbons (Fsp3) is 0. The Kier molecular flexibility index (Phi) is 2.76. The number of rotatable bonds is 2. The monoisotopic (exact) mass is 182 g/mol. The number of nitrogens with zero attached hydrogens (tertiary/aromatic N) is 2. The van der Waals surface area contributed by atoms with Crippen LogP contribution in [0.3, 0.4) is 0 Å². The molecule has 0 aliphatic heterocycles. The number of nitrogens with one attached hydrogen (secondary N) is 1. The lowest BCUT2D eigenvalue weighted by Gasteiger charge is -1.96. The Morgan fingerprint density at radius 1 is 1.67 bits per heavy atom. The molecule has 1 aromatic heterocycles. The molecule has 0 bridgehead atoms. The van der Waals surface area contributed by atoms with Gasteiger partial charge in [-0.2, -0.15) is 0 Å². The topological polar surface area (TPSA) is 75.1 Å². The van der Waals surface area contributed by atoms with Crippen molar-refractivity contribution >= 4 is 35.5 Å². The van der Waals surface area contributed by atoms with Crippen molar-refractivity contribution in [2.75, 3.05) is 5.73 Å². The number of aliphatic imine (C=N–C) groups is 1. The molecule has 0 saturated carbocycles. The van der Waals surface area contributed by atoms with Crippen LogP contribution >= 0.6 is 11.6 Å². The van der Waals surface area contributed by atoms with Gasteiger partial charge in [-0.15, -0.1) is 0 Å². The lowest BCUT2D eigenvalue weighted by Crippen LogP contribution is -1.86. The second-order valence-corrected chi connectivity index (χ2v) is 2.43. The van der Waals surface area contributed by atoms with Crippen molar-refractivity contribution in [2.45, 2.75) is 0 Å². The quantitative estimate of drug-likeness (QED) is 0.683. The number of anilines is 1. The summed E-state index contributed by atoms with van der Waals surface area (Å²) in [6.45, 7) is 0. The summed E-state index contributed by atoms with van der Waals surface area (Å²) in [6.07, 6.45) is 3.81. The Bertz CT molecular complexity index is 321. The molecule has 5 heteroatoms. The lowest BCUT2D eigenvalue weighted by molar-refractivity contribution is 1.28. The minimum absolute atomic E-state index is 0.370. The number of pyridine rings is 1. The predicted octanol–water partition coefficient (Wildman–Crippen LogP) is 1.67. The summed E-state index contributed by atoms with van der Waals surface area (Å²) in [5.74, 6) is 0.370. The highest BCUT2D eigenvalue weighted by atomic mass is 35.5. The molecule has 1 rings (SSSR count). The van der Waals surface area contributed by atoms with E-state index in [0.717, 1.165) is 6.21 Å². The summed E-state index contributed by atoms with van der Waals surface area (Å²) in [5.41, 5.74) is 5.91. The highest BCUT2D eigenvalue weighted by Crippen LogP contribution is 2.22. The van der Waals surface area contributed by atoms with Gasteiger partial charge in [-0.1, -0.05) is 11.6 Å². The van der Waals surface area contributed by atoms with Crippen molar-refractivity contribution in [1.29, 1.82) is 5.41 Å². The third-order valence-electron chi connectivity index (χ3n) is 1.11. The van der Waals surface area contributed by atoms with Gasteiger partial charge >= 0.3 is 0 Å². The van der Waals surface area contributed by atoms with E-state index < -0.39 is 0 Å². The molecule has 0 amide bonds. The summed E-state index contributed by atoms with van der Waals surface area (Å²) in [5, 5.41) is 7.08. The number of halogens is 1. The van der Waals surface area contributed by atoms with Gasteiger partial charge in [-0.3, -0.25) is 0 Å². The van der Waals surface area contributed by atoms with Gasteiger partial charge in [0.15, 0.2) is 5.82 Å². The van der Waals surface area contributed by atoms with E-state index in [1.54, 1.807) is 6.07 Å². The van der Waals surface area contributed by atoms with Gasteiger partial charge in [0, 0.05) is 12.4 Å². The maximum atomic E-state index is 6.69. The highest BCUT2D eigenvalue weighted by molar-refractivity contribution is 6.33. The highest BCUT2D eigenvalue weighted by Gasteiger charge is 1.98. The Balaban J connectivity index is 3.01. The van der Waals surface area contributed by atoms with Crippen molar-refractivity contribution in [2.24, 2.45) is 4.99 Å². The van der Waals surface area contributed by atoms with Crippen LogP contribution in [0.1, 0.15) is 0 Å². The van der Waals surface area contributed by atoms with Gasteiger partial charge in [0.1, 0.15) is 0 Å². The van der Waals surface area contributed by atoms with Crippen LogP contribution in [0.4, 0.5) is 11.5 Å². The first-order valence-corrected chi connectivity index (χ1v) is 3.56. The van der Waals surface area contributed by atoms with Gasteiger partial charge in [0.05, 0.1) is 16.9 Å². The first-order valence-electron chi connectivity index (χ1n) is 3.18. The molecule has 0 aliphatic rings. The number of nitrogen functional groups attached to an aromatic ring is 1. The van der Waals surface area contributed by atoms with Crippen LogP contribution < -0.4 is 5.73 Å². The minimum Gasteiger partial charge on any atom is -0.397 e. The molecule has 0 saturated heterocycles. The zero-order chi connectivity index (χ0) is 8.97. The maximum absolute atomic E-state index is 6.69. The van der Waals surface area contributed by atoms with Gasteiger partial charge in [0.2, 0.25) is 0 Å². The molecule has 1 aromatic rings. The second-order valence-electron chi connectivity index (χ2n) is 2.02. The first kappa shape index (κ1) is 8.67. The minimum atomic E-state index is 0.370. The van der Waals surface area contributed by atoms with E-state index in [0.29, 0.717) is 16.5 Å². The summed E-state index contributed by atoms with van der Waals surface area (Å²) < 4.78 is 0. The molecule has 0 unspecified atom stereocenters. The van der Waals surface area contributed by atoms with Crippen molar-refractivity contribution in [1.82, 2.24) is 4.98 Å². The maximum Gasteiger partial charge on any atom is 0.171 e. The van der Waals surface area contributed by atoms with E-state index in [4.69, 9.17) is 22.7 Å². The summed E-state index contributed by atoms with van der Waals surface area (Å²) >= 11 is 5.73. The Labute approximate surface area is 74.6 Å². The smallest absolute Gasteiger partial charge is 0.171 e. The molecule has 0 aromatic carbocycles. The number of nitrogens with two attached hydrogens (primary N) is 1. The zero-order valence-electron chi connectivity index (χ0n) is 6.16. The third-order valence-corrected chi connectivity index (χ3v) is 1.39. The molecule has 0 spiro atoms. The predicted molar refractivity (Wildman–Crippen MR) is 50.6 cm³/mol. The fourth-order valence-electron chi connectivity index (χ4n) is 0.648. The molecule has 0 radical (unpaired) electrons. The molecule has 0 aliphatic carbocycles. The second kappa shape index (κ2) is 3.82. The van der Waals surface area contributed by atoms with Crippen molar-refractivity contribution in [3.05, 3.63) is 17.3 Å². The molecule has 4 nitrogen and oxygen atoms in total. The fourth-order valence-corrected chi connectivity index (χ4v) is 0.872. The normalized spacial score (nSPS) is 10.4. The Morgan fingerprint density at radius 3 is 3.00 bits per heavy atom. The molecule has 1 heterocycles. The van der Waals surface area contributed by atoms with Crippen LogP contribution in [0.15, 0.2) is 17.3 Å². The molecular formula is C7H7ClN4. The van der Waals surface area contributed by atoms with Crippen LogP contribution in [-0.4, -0.2) is 17.4 Å². The van der Waals surface area contributed by atoms with E-state index in [1.807, 2.05) is 0 Å². The van der Waals surface area contributed by atoms with Crippen LogP contribution in [0.25, 0.3) is 0 Å². The summed E-state index contributed by atoms with van der Waals surface area (Å²) in [4.78, 5) is 7.66. The van der Waals surface area contributed by atoms with E-state index in [-0.39, 0.29) is 0 Å². The molecule has 0 atom stereocenters. The van der Waals surface area contributed by atoms with Crippen LogP contribution in [0.5, 0.6) is 0 Å². The molecule has 0 fully saturated rings. The van der Waals surface area contributed by atoms with E-state index in [1.165, 1.54) is 12.4 Å². The molecule has 3 N–H and O–H groups in total. The molecule has 12 heavy (non-hydrogen) atoms. The standard InChI is InChI=1S/C7H7ClN4/c8-6-3-5(10)4-12-7(6)11-2-1-9/h1-4,9H,10H2/b9-1?,11-2-. The van der Waals surface area contributed by atoms with Crippen LogP contribution in [0.2, 0.25) is 5.02 Å². The molecular weight excluding hydrogens is 176 g/mol. The van der Waals surface area contributed by atoms with Gasteiger partial charge in [-0.05, 0) is 6.07 Å². The largest absolute Gasteiger partial charge is 0.397 e. The zero-order valence-corrected chi connectivity index (χ0v) is 6.92. The Morgan fingerprint density at radius 2 is 2.42 bits per heavy atom. The first-order chi connectivity index (χ1) is 5.74. The van der Waals surface area contributed by atoms with Crippen LogP contribution in [0, 0.1) is 5.41 Å². The average Bonchev–Trinajstić information content (AvgIpc) is 2.03. The van der Waals surface area contributed by atoms with Crippen molar-refractivity contribution in [3.8, 4) is 0 Å². The number of aromatic nitrogens is 1. The van der Waals surface area contributed by atoms with Crippen molar-refractivity contribution < 1.29 is 0 Å². The van der Waals surface area contributed by atoms with E-state index in [9.17, 15) is 0 Å². The van der Waals surface area contributed by atoms with E-state index >= 15 is 0 Å². The number of hydrogen-bond acceptors (Lipinski definition) is 4. The van der Waals surface area contributed by atoms with Gasteiger partial charge in [-0.25, -0.2) is 9.98 Å². The van der Waals surface area contributed by atoms with Crippen LogP contribution in [-0.2, 0) is 0 Å².